The van der Waals surface area contributed by atoms with Gasteiger partial charge in [0.05, 0.1) is 0 Å². The van der Waals surface area contributed by atoms with Crippen LogP contribution in [0.15, 0.2) is 42.5 Å². The minimum atomic E-state index is -0.245. The fourth-order valence-corrected chi connectivity index (χ4v) is 12.3. The minimum absolute atomic E-state index is 0.0120. The third kappa shape index (κ3) is 4.60. The first kappa shape index (κ1) is 31.0. The molecule has 0 aromatic heterocycles. The highest BCUT2D eigenvalue weighted by molar-refractivity contribution is 5.87. The Bertz CT molecular complexity index is 1270. The number of phenolic OH excluding ortho intramolecular Hbond substituents is 1. The maximum atomic E-state index is 13.0. The van der Waals surface area contributed by atoms with E-state index in [4.69, 9.17) is 4.74 Å². The van der Waals surface area contributed by atoms with Gasteiger partial charge in [-0.25, -0.2) is 4.79 Å². The van der Waals surface area contributed by atoms with E-state index in [1.807, 2.05) is 12.1 Å². The fourth-order valence-electron chi connectivity index (χ4n) is 12.3. The van der Waals surface area contributed by atoms with Crippen LogP contribution in [0, 0.1) is 56.7 Å². The highest BCUT2D eigenvalue weighted by atomic mass is 16.5. The quantitative estimate of drug-likeness (QED) is 0.187. The van der Waals surface area contributed by atoms with Gasteiger partial charge in [-0.05, 0) is 146 Å². The highest BCUT2D eigenvalue weighted by Gasteiger charge is 2.82. The summed E-state index contributed by atoms with van der Waals surface area (Å²) in [6.07, 6.45) is 17.7. The summed E-state index contributed by atoms with van der Waals surface area (Å²) in [5, 5.41) is 9.54. The maximum absolute atomic E-state index is 13.0. The van der Waals surface area contributed by atoms with Crippen molar-refractivity contribution in [1.29, 1.82) is 0 Å². The lowest BCUT2D eigenvalue weighted by Crippen LogP contribution is -2.58. The van der Waals surface area contributed by atoms with E-state index in [1.165, 1.54) is 69.8 Å². The van der Waals surface area contributed by atoms with Crippen LogP contribution in [0.4, 0.5) is 0 Å². The van der Waals surface area contributed by atoms with Gasteiger partial charge in [-0.3, -0.25) is 0 Å². The lowest BCUT2D eigenvalue weighted by Gasteiger charge is -2.63. The first-order valence-corrected chi connectivity index (χ1v) is 17.6. The van der Waals surface area contributed by atoms with E-state index in [0.717, 1.165) is 29.7 Å². The summed E-state index contributed by atoms with van der Waals surface area (Å²) >= 11 is 0. The van der Waals surface area contributed by atoms with Crippen LogP contribution in [0.2, 0.25) is 0 Å². The molecule has 1 aromatic rings. The number of rotatable bonds is 8. The number of carbonyl (C=O) groups is 1. The lowest BCUT2D eigenvalue weighted by molar-refractivity contribution is -0.179. The molecule has 1 N–H and O–H groups in total. The molecule has 43 heavy (non-hydrogen) atoms. The molecule has 236 valence electrons. The van der Waals surface area contributed by atoms with Gasteiger partial charge in [-0.1, -0.05) is 72.8 Å². The number of carbonyl (C=O) groups excluding carboxylic acids is 1. The zero-order valence-electron chi connectivity index (χ0n) is 28.2. The summed E-state index contributed by atoms with van der Waals surface area (Å²) in [5.74, 6) is 3.67. The molecular formula is C40H58O3. The van der Waals surface area contributed by atoms with Crippen molar-refractivity contribution in [2.45, 2.75) is 125 Å². The monoisotopic (exact) mass is 586 g/mol. The first-order chi connectivity index (χ1) is 20.2. The molecule has 0 unspecified atom stereocenters. The predicted octanol–water partition coefficient (Wildman–Crippen LogP) is 10.4. The Labute approximate surface area is 262 Å². The molecule has 5 aliphatic rings. The molecule has 6 rings (SSSR count). The number of fused-ring (bicyclic) bond motifs is 2. The zero-order valence-corrected chi connectivity index (χ0v) is 28.2. The average Bonchev–Trinajstić information content (AvgIpc) is 3.54. The van der Waals surface area contributed by atoms with Gasteiger partial charge < -0.3 is 9.84 Å². The summed E-state index contributed by atoms with van der Waals surface area (Å²) < 4.78 is 6.22. The average molecular weight is 587 g/mol. The summed E-state index contributed by atoms with van der Waals surface area (Å²) in [6, 6.07) is 6.90. The molecule has 3 nitrogen and oxygen atoms in total. The van der Waals surface area contributed by atoms with Crippen molar-refractivity contribution in [2.24, 2.45) is 56.7 Å². The van der Waals surface area contributed by atoms with E-state index in [-0.39, 0.29) is 23.2 Å². The highest BCUT2D eigenvalue weighted by Crippen LogP contribution is 2.89. The second kappa shape index (κ2) is 10.5. The molecular weight excluding hydrogens is 528 g/mol. The fraction of sp³-hybridized carbons (Fsp3) is 0.725. The van der Waals surface area contributed by atoms with Gasteiger partial charge >= 0.3 is 5.97 Å². The van der Waals surface area contributed by atoms with Gasteiger partial charge in [-0.15, -0.1) is 0 Å². The molecule has 0 saturated heterocycles. The van der Waals surface area contributed by atoms with E-state index < -0.39 is 0 Å². The van der Waals surface area contributed by atoms with Gasteiger partial charge in [0.25, 0.3) is 0 Å². The second-order valence-electron chi connectivity index (χ2n) is 17.2. The van der Waals surface area contributed by atoms with Crippen LogP contribution in [0.25, 0.3) is 6.08 Å². The molecule has 2 spiro atoms. The summed E-state index contributed by atoms with van der Waals surface area (Å²) in [4.78, 5) is 13.0. The van der Waals surface area contributed by atoms with Crippen molar-refractivity contribution in [3.05, 3.63) is 48.1 Å². The molecule has 1 aromatic carbocycles. The number of hydrogen-bond acceptors (Lipinski definition) is 3. The summed E-state index contributed by atoms with van der Waals surface area (Å²) in [6.45, 7) is 21.8. The Hall–Kier alpha value is -2.03. The number of phenols is 1. The Morgan fingerprint density at radius 1 is 0.930 bits per heavy atom. The number of aromatic hydroxyl groups is 1. The van der Waals surface area contributed by atoms with Crippen LogP contribution in [0.3, 0.4) is 0 Å². The smallest absolute Gasteiger partial charge is 0.331 e. The molecule has 3 heteroatoms. The molecule has 0 radical (unpaired) electrons. The van der Waals surface area contributed by atoms with E-state index in [9.17, 15) is 9.90 Å². The van der Waals surface area contributed by atoms with Crippen LogP contribution in [-0.2, 0) is 9.53 Å². The van der Waals surface area contributed by atoms with Gasteiger partial charge in [0.2, 0.25) is 0 Å². The van der Waals surface area contributed by atoms with Crippen LogP contribution in [0.5, 0.6) is 5.75 Å². The standard InChI is InChI=1S/C40H58O3/c1-26(2)27(3)9-10-28(4)31-19-21-38(8)33-17-16-32-36(5,6)34(43-35(42)18-13-29-11-14-30(41)15-12-29)20-22-39(32)25-40(33,39)24-23-37(31,38)7/h11-15,18,26,28,31-34,41H,3,9-10,16-17,19-25H2,1-2,4-8H3/t28-,31-,32-,33-,34-,37-,38+,39-,40+/m1/s1. The van der Waals surface area contributed by atoms with E-state index in [2.05, 4.69) is 55.0 Å². The molecule has 5 aliphatic carbocycles. The number of benzene rings is 1. The molecule has 9 atom stereocenters. The maximum Gasteiger partial charge on any atom is 0.331 e. The van der Waals surface area contributed by atoms with Gasteiger partial charge in [-0.2, -0.15) is 0 Å². The van der Waals surface area contributed by atoms with Gasteiger partial charge in [0.1, 0.15) is 11.9 Å². The Kier molecular flexibility index (Phi) is 7.58. The minimum Gasteiger partial charge on any atom is -0.508 e. The van der Waals surface area contributed by atoms with Crippen molar-refractivity contribution >= 4 is 12.0 Å². The molecule has 0 heterocycles. The van der Waals surface area contributed by atoms with Crippen LogP contribution in [0.1, 0.15) is 125 Å². The van der Waals surface area contributed by atoms with Crippen LogP contribution >= 0.6 is 0 Å². The van der Waals surface area contributed by atoms with Crippen molar-refractivity contribution in [2.75, 3.05) is 0 Å². The first-order valence-electron chi connectivity index (χ1n) is 17.6. The number of esters is 1. The van der Waals surface area contributed by atoms with Crippen molar-refractivity contribution in [3.63, 3.8) is 0 Å². The van der Waals surface area contributed by atoms with E-state index in [0.29, 0.717) is 33.5 Å². The topological polar surface area (TPSA) is 46.5 Å². The van der Waals surface area contributed by atoms with E-state index >= 15 is 0 Å². The normalized spacial score (nSPS) is 41.6. The summed E-state index contributed by atoms with van der Waals surface area (Å²) in [5.41, 5.74) is 4.16. The number of allylic oxidation sites excluding steroid dienone is 1. The Morgan fingerprint density at radius 2 is 1.60 bits per heavy atom. The number of hydrogen-bond donors (Lipinski definition) is 1. The van der Waals surface area contributed by atoms with E-state index in [1.54, 1.807) is 24.3 Å². The van der Waals surface area contributed by atoms with Gasteiger partial charge in [0.15, 0.2) is 0 Å². The Morgan fingerprint density at radius 3 is 2.30 bits per heavy atom. The molecule has 5 saturated carbocycles. The van der Waals surface area contributed by atoms with Crippen molar-refractivity contribution in [1.82, 2.24) is 0 Å². The molecule has 5 fully saturated rings. The molecule has 0 bridgehead atoms. The van der Waals surface area contributed by atoms with Crippen molar-refractivity contribution < 1.29 is 14.6 Å². The zero-order chi connectivity index (χ0) is 31.0. The largest absolute Gasteiger partial charge is 0.508 e. The van der Waals surface area contributed by atoms with Gasteiger partial charge in [0, 0.05) is 11.5 Å². The molecule has 0 aliphatic heterocycles. The Balaban J connectivity index is 1.15. The second-order valence-corrected chi connectivity index (χ2v) is 17.2. The third-order valence-electron chi connectivity index (χ3n) is 15.1. The van der Waals surface area contributed by atoms with Crippen LogP contribution < -0.4 is 0 Å². The number of ether oxygens (including phenoxy) is 1. The third-order valence-corrected chi connectivity index (χ3v) is 15.1. The SMILES string of the molecule is C=C(CC[C@@H](C)[C@H]1CC[C@@]2(C)[C@H]3CC[C@@H]4C(C)(C)[C@H](OC(=O)C=Cc5ccc(O)cc5)CC[C@@]45C[C@@]35CC[C@]12C)C(C)C. The lowest BCUT2D eigenvalue weighted by atomic mass is 9.41. The molecule has 0 amide bonds. The van der Waals surface area contributed by atoms with Crippen LogP contribution in [-0.4, -0.2) is 17.2 Å². The predicted molar refractivity (Wildman–Crippen MR) is 176 cm³/mol. The summed E-state index contributed by atoms with van der Waals surface area (Å²) in [7, 11) is 0. The van der Waals surface area contributed by atoms with Crippen molar-refractivity contribution in [3.8, 4) is 5.75 Å².